The summed E-state index contributed by atoms with van der Waals surface area (Å²) in [5.41, 5.74) is 1.07. The van der Waals surface area contributed by atoms with Gasteiger partial charge in [-0.2, -0.15) is 0 Å². The second-order valence-corrected chi connectivity index (χ2v) is 6.51. The van der Waals surface area contributed by atoms with Gasteiger partial charge in [-0.25, -0.2) is 0 Å². The standard InChI is InChI=1S/C16H20N4OS/c1-17-14(21)12-9-5-6-10-13(12)18-16-20-19-15(22-16)11-7-3-2-4-8-11/h2-4,7-8,12-13H,5-6,9-10H2,1H3,(H,17,21)(H,18,20)/t12-,13+/m0/s1. The summed E-state index contributed by atoms with van der Waals surface area (Å²) in [6.45, 7) is 0. The molecule has 0 spiro atoms. The minimum Gasteiger partial charge on any atom is -0.359 e. The SMILES string of the molecule is CNC(=O)[C@H]1CCCC[C@H]1Nc1nnc(-c2ccccc2)s1. The van der Waals surface area contributed by atoms with E-state index < -0.39 is 0 Å². The zero-order valence-corrected chi connectivity index (χ0v) is 13.4. The van der Waals surface area contributed by atoms with Crippen LogP contribution in [0.15, 0.2) is 30.3 Å². The number of rotatable bonds is 4. The van der Waals surface area contributed by atoms with Crippen LogP contribution in [0.4, 0.5) is 5.13 Å². The number of hydrogen-bond donors (Lipinski definition) is 2. The Balaban J connectivity index is 1.72. The summed E-state index contributed by atoms with van der Waals surface area (Å²) in [5, 5.41) is 16.4. The van der Waals surface area contributed by atoms with E-state index in [9.17, 15) is 4.79 Å². The lowest BCUT2D eigenvalue weighted by Crippen LogP contribution is -2.41. The molecule has 116 valence electrons. The first-order valence-electron chi connectivity index (χ1n) is 7.65. The van der Waals surface area contributed by atoms with Gasteiger partial charge in [0, 0.05) is 18.7 Å². The highest BCUT2D eigenvalue weighted by Crippen LogP contribution is 2.31. The molecule has 1 aliphatic rings. The molecule has 1 heterocycles. The molecular formula is C16H20N4OS. The summed E-state index contributed by atoms with van der Waals surface area (Å²) in [7, 11) is 1.70. The second kappa shape index (κ2) is 6.87. The molecular weight excluding hydrogens is 296 g/mol. The molecule has 5 nitrogen and oxygen atoms in total. The van der Waals surface area contributed by atoms with E-state index in [2.05, 4.69) is 20.8 Å². The van der Waals surface area contributed by atoms with Crippen LogP contribution in [0.5, 0.6) is 0 Å². The third kappa shape index (κ3) is 3.27. The zero-order valence-electron chi connectivity index (χ0n) is 12.6. The van der Waals surface area contributed by atoms with Gasteiger partial charge < -0.3 is 10.6 Å². The Morgan fingerprint density at radius 3 is 2.73 bits per heavy atom. The Bertz CT molecular complexity index is 628. The first kappa shape index (κ1) is 15.0. The average Bonchev–Trinajstić information content (AvgIpc) is 3.04. The fourth-order valence-electron chi connectivity index (χ4n) is 2.94. The molecule has 1 aliphatic carbocycles. The lowest BCUT2D eigenvalue weighted by atomic mass is 9.84. The van der Waals surface area contributed by atoms with Crippen molar-refractivity contribution in [3.63, 3.8) is 0 Å². The fourth-order valence-corrected chi connectivity index (χ4v) is 3.75. The molecule has 6 heteroatoms. The lowest BCUT2D eigenvalue weighted by Gasteiger charge is -2.30. The molecule has 1 fully saturated rings. The highest BCUT2D eigenvalue weighted by atomic mass is 32.1. The molecule has 2 aromatic rings. The molecule has 0 unspecified atom stereocenters. The summed E-state index contributed by atoms with van der Waals surface area (Å²) in [5.74, 6) is 0.132. The van der Waals surface area contributed by atoms with Crippen LogP contribution in [0.25, 0.3) is 10.6 Å². The number of aromatic nitrogens is 2. The summed E-state index contributed by atoms with van der Waals surface area (Å²) in [6, 6.07) is 10.2. The predicted molar refractivity (Wildman–Crippen MR) is 88.8 cm³/mol. The number of carbonyl (C=O) groups excluding carboxylic acids is 1. The fraction of sp³-hybridized carbons (Fsp3) is 0.438. The number of hydrogen-bond acceptors (Lipinski definition) is 5. The molecule has 1 amide bonds. The Kier molecular flexibility index (Phi) is 4.68. The van der Waals surface area contributed by atoms with E-state index in [-0.39, 0.29) is 17.9 Å². The Hall–Kier alpha value is -1.95. The molecule has 2 N–H and O–H groups in total. The van der Waals surface area contributed by atoms with Crippen LogP contribution in [-0.4, -0.2) is 29.2 Å². The van der Waals surface area contributed by atoms with Crippen molar-refractivity contribution in [3.8, 4) is 10.6 Å². The van der Waals surface area contributed by atoms with E-state index in [1.165, 1.54) is 11.3 Å². The normalized spacial score (nSPS) is 21.3. The predicted octanol–water partition coefficient (Wildman–Crippen LogP) is 2.92. The summed E-state index contributed by atoms with van der Waals surface area (Å²) in [6.07, 6.45) is 4.19. The van der Waals surface area contributed by atoms with E-state index in [0.29, 0.717) is 0 Å². The van der Waals surface area contributed by atoms with Crippen molar-refractivity contribution in [1.82, 2.24) is 15.5 Å². The number of benzene rings is 1. The molecule has 2 atom stereocenters. The maximum absolute atomic E-state index is 12.0. The van der Waals surface area contributed by atoms with Crippen LogP contribution in [-0.2, 0) is 4.79 Å². The quantitative estimate of drug-likeness (QED) is 0.910. The Morgan fingerprint density at radius 1 is 1.18 bits per heavy atom. The van der Waals surface area contributed by atoms with Gasteiger partial charge in [-0.05, 0) is 12.8 Å². The highest BCUT2D eigenvalue weighted by molar-refractivity contribution is 7.18. The van der Waals surface area contributed by atoms with Crippen LogP contribution in [0, 0.1) is 5.92 Å². The molecule has 1 aromatic heterocycles. The van der Waals surface area contributed by atoms with Crippen molar-refractivity contribution in [2.24, 2.45) is 5.92 Å². The number of nitrogens with one attached hydrogen (secondary N) is 2. The molecule has 0 bridgehead atoms. The lowest BCUT2D eigenvalue weighted by molar-refractivity contribution is -0.125. The third-order valence-corrected chi connectivity index (χ3v) is 5.01. The van der Waals surface area contributed by atoms with Gasteiger partial charge in [0.05, 0.1) is 5.92 Å². The van der Waals surface area contributed by atoms with Gasteiger partial charge in [0.15, 0.2) is 0 Å². The maximum Gasteiger partial charge on any atom is 0.224 e. The van der Waals surface area contributed by atoms with Crippen molar-refractivity contribution >= 4 is 22.4 Å². The minimum absolute atomic E-state index is 0.0165. The molecule has 22 heavy (non-hydrogen) atoms. The first-order valence-corrected chi connectivity index (χ1v) is 8.46. The van der Waals surface area contributed by atoms with Gasteiger partial charge in [-0.3, -0.25) is 4.79 Å². The monoisotopic (exact) mass is 316 g/mol. The third-order valence-electron chi connectivity index (χ3n) is 4.10. The number of carbonyl (C=O) groups is 1. The van der Waals surface area contributed by atoms with Crippen molar-refractivity contribution in [3.05, 3.63) is 30.3 Å². The van der Waals surface area contributed by atoms with Gasteiger partial charge in [0.2, 0.25) is 11.0 Å². The largest absolute Gasteiger partial charge is 0.359 e. The maximum atomic E-state index is 12.0. The molecule has 3 rings (SSSR count). The van der Waals surface area contributed by atoms with Gasteiger partial charge in [-0.15, -0.1) is 10.2 Å². The van der Waals surface area contributed by atoms with Gasteiger partial charge in [-0.1, -0.05) is 54.5 Å². The first-order chi connectivity index (χ1) is 10.8. The summed E-state index contributed by atoms with van der Waals surface area (Å²) >= 11 is 1.54. The van der Waals surface area contributed by atoms with Crippen LogP contribution >= 0.6 is 11.3 Å². The molecule has 0 saturated heterocycles. The van der Waals surface area contributed by atoms with Crippen LogP contribution in [0.2, 0.25) is 0 Å². The molecule has 0 radical (unpaired) electrons. The highest BCUT2D eigenvalue weighted by Gasteiger charge is 2.30. The minimum atomic E-state index is 0.0165. The van der Waals surface area contributed by atoms with Crippen LogP contribution < -0.4 is 10.6 Å². The topological polar surface area (TPSA) is 66.9 Å². The Labute approximate surface area is 134 Å². The molecule has 1 aromatic carbocycles. The van der Waals surface area contributed by atoms with Crippen molar-refractivity contribution in [2.75, 3.05) is 12.4 Å². The van der Waals surface area contributed by atoms with E-state index in [1.807, 2.05) is 30.3 Å². The number of anilines is 1. The van der Waals surface area contributed by atoms with E-state index >= 15 is 0 Å². The van der Waals surface area contributed by atoms with E-state index in [4.69, 9.17) is 0 Å². The summed E-state index contributed by atoms with van der Waals surface area (Å²) < 4.78 is 0. The van der Waals surface area contributed by atoms with Gasteiger partial charge >= 0.3 is 0 Å². The summed E-state index contributed by atoms with van der Waals surface area (Å²) in [4.78, 5) is 12.0. The Morgan fingerprint density at radius 2 is 1.95 bits per heavy atom. The zero-order chi connectivity index (χ0) is 15.4. The van der Waals surface area contributed by atoms with Crippen LogP contribution in [0.1, 0.15) is 25.7 Å². The number of nitrogens with zero attached hydrogens (tertiary/aromatic N) is 2. The van der Waals surface area contributed by atoms with Crippen molar-refractivity contribution < 1.29 is 4.79 Å². The van der Waals surface area contributed by atoms with Gasteiger partial charge in [0.25, 0.3) is 0 Å². The molecule has 0 aliphatic heterocycles. The molecule has 1 saturated carbocycles. The van der Waals surface area contributed by atoms with Gasteiger partial charge in [0.1, 0.15) is 5.01 Å². The smallest absolute Gasteiger partial charge is 0.224 e. The van der Waals surface area contributed by atoms with E-state index in [0.717, 1.165) is 41.4 Å². The van der Waals surface area contributed by atoms with Crippen molar-refractivity contribution in [1.29, 1.82) is 0 Å². The second-order valence-electron chi connectivity index (χ2n) is 5.53. The van der Waals surface area contributed by atoms with E-state index in [1.54, 1.807) is 7.05 Å². The van der Waals surface area contributed by atoms with Crippen LogP contribution in [0.3, 0.4) is 0 Å². The van der Waals surface area contributed by atoms with Crippen molar-refractivity contribution in [2.45, 2.75) is 31.7 Å². The number of amides is 1. The average molecular weight is 316 g/mol.